The highest BCUT2D eigenvalue weighted by Gasteiger charge is 2.64. The fourth-order valence-electron chi connectivity index (χ4n) is 8.26. The minimum atomic E-state index is -4.21. The van der Waals surface area contributed by atoms with E-state index in [4.69, 9.17) is 9.72 Å². The summed E-state index contributed by atoms with van der Waals surface area (Å²) in [5.41, 5.74) is 3.77. The molecule has 2 unspecified atom stereocenters. The van der Waals surface area contributed by atoms with Crippen molar-refractivity contribution in [3.8, 4) is 17.1 Å². The minimum Gasteiger partial charge on any atom is -0.477 e. The van der Waals surface area contributed by atoms with E-state index in [1.54, 1.807) is 0 Å². The first-order chi connectivity index (χ1) is 21.0. The Balaban J connectivity index is 1.27. The minimum absolute atomic E-state index is 0.0144. The lowest BCUT2D eigenvalue weighted by atomic mass is 9.52. The first kappa shape index (κ1) is 29.9. The van der Waals surface area contributed by atoms with Crippen LogP contribution in [-0.2, 0) is 0 Å². The van der Waals surface area contributed by atoms with Crippen molar-refractivity contribution >= 4 is 17.9 Å². The molecule has 234 valence electrons. The maximum absolute atomic E-state index is 14.5. The van der Waals surface area contributed by atoms with E-state index >= 15 is 0 Å². The van der Waals surface area contributed by atoms with Crippen LogP contribution in [0.5, 0.6) is 5.88 Å². The lowest BCUT2D eigenvalue weighted by molar-refractivity contribution is -0.194. The summed E-state index contributed by atoms with van der Waals surface area (Å²) in [6.07, 6.45) is 0.773. The number of nitrogens with one attached hydrogen (secondary N) is 1. The van der Waals surface area contributed by atoms with E-state index < -0.39 is 11.6 Å². The van der Waals surface area contributed by atoms with Crippen LogP contribution in [0.1, 0.15) is 67.6 Å². The topological polar surface area (TPSA) is 50.3 Å². The number of fused-ring (bicyclic) bond motifs is 4. The standard InChI is InChI=1S/C35H41F3N4OS/c1-22-6-4-7-23(2)30(22)28-17-29-40-32(39-28)41-44-27-9-5-8-24(16-27)31(25-18-33(19-25)12-14-42(3)15-13-33)26(21-43-29)20-34(10-11-34)35(36,37)38/h4-9,16-17,25-26,31H,10-15,18-21H2,1-3H3,(H,39,40,41). The molecule has 3 fully saturated rings. The summed E-state index contributed by atoms with van der Waals surface area (Å²) in [6.45, 7) is 6.49. The number of anilines is 1. The van der Waals surface area contributed by atoms with E-state index in [0.29, 0.717) is 23.2 Å². The van der Waals surface area contributed by atoms with Crippen LogP contribution in [0.15, 0.2) is 53.4 Å². The van der Waals surface area contributed by atoms with Gasteiger partial charge in [0.15, 0.2) is 0 Å². The lowest BCUT2D eigenvalue weighted by Crippen LogP contribution is -2.49. The largest absolute Gasteiger partial charge is 0.477 e. The van der Waals surface area contributed by atoms with Gasteiger partial charge in [0.05, 0.1) is 17.7 Å². The molecular weight excluding hydrogens is 581 g/mol. The van der Waals surface area contributed by atoms with E-state index in [0.717, 1.165) is 58.8 Å². The first-order valence-corrected chi connectivity index (χ1v) is 16.7. The van der Waals surface area contributed by atoms with Crippen molar-refractivity contribution in [1.29, 1.82) is 0 Å². The van der Waals surface area contributed by atoms with Crippen LogP contribution in [0, 0.1) is 36.5 Å². The van der Waals surface area contributed by atoms with Gasteiger partial charge in [-0.1, -0.05) is 30.3 Å². The maximum Gasteiger partial charge on any atom is 0.394 e. The van der Waals surface area contributed by atoms with Crippen LogP contribution in [0.2, 0.25) is 0 Å². The summed E-state index contributed by atoms with van der Waals surface area (Å²) in [5, 5.41) is 0. The number of nitrogens with zero attached hydrogens (tertiary/aromatic N) is 3. The fraction of sp³-hybridized carbons (Fsp3) is 0.543. The number of halogens is 3. The van der Waals surface area contributed by atoms with E-state index in [-0.39, 0.29) is 37.7 Å². The lowest BCUT2D eigenvalue weighted by Gasteiger charge is -2.55. The number of hydrogen-bond acceptors (Lipinski definition) is 6. The number of alkyl halides is 3. The van der Waals surface area contributed by atoms with Crippen molar-refractivity contribution in [2.45, 2.75) is 75.8 Å². The molecule has 4 aliphatic rings. The van der Waals surface area contributed by atoms with Gasteiger partial charge in [0.1, 0.15) is 0 Å². The Morgan fingerprint density at radius 2 is 1.68 bits per heavy atom. The molecule has 1 spiro atoms. The van der Waals surface area contributed by atoms with Gasteiger partial charge in [0.25, 0.3) is 0 Å². The molecule has 5 nitrogen and oxygen atoms in total. The van der Waals surface area contributed by atoms with Crippen molar-refractivity contribution in [2.75, 3.05) is 31.5 Å². The monoisotopic (exact) mass is 622 g/mol. The molecule has 1 N–H and O–H groups in total. The molecular formula is C35H41F3N4OS. The van der Waals surface area contributed by atoms with Gasteiger partial charge < -0.3 is 9.64 Å². The molecule has 2 aliphatic carbocycles. The number of likely N-dealkylation sites (tertiary alicyclic amines) is 1. The van der Waals surface area contributed by atoms with Crippen molar-refractivity contribution in [3.63, 3.8) is 0 Å². The smallest absolute Gasteiger partial charge is 0.394 e. The van der Waals surface area contributed by atoms with E-state index in [1.807, 2.05) is 24.3 Å². The summed E-state index contributed by atoms with van der Waals surface area (Å²) in [6, 6.07) is 16.3. The molecule has 7 rings (SSSR count). The molecule has 2 aliphatic heterocycles. The predicted octanol–water partition coefficient (Wildman–Crippen LogP) is 8.83. The Morgan fingerprint density at radius 1 is 0.977 bits per heavy atom. The average molecular weight is 623 g/mol. The molecule has 9 heteroatoms. The van der Waals surface area contributed by atoms with Crippen LogP contribution >= 0.6 is 11.9 Å². The first-order valence-electron chi connectivity index (χ1n) is 15.9. The van der Waals surface area contributed by atoms with Crippen molar-refractivity contribution in [1.82, 2.24) is 14.9 Å². The van der Waals surface area contributed by atoms with E-state index in [9.17, 15) is 13.2 Å². The number of rotatable bonds is 4. The average Bonchev–Trinajstić information content (AvgIpc) is 3.76. The second-order valence-electron chi connectivity index (χ2n) is 14.0. The molecule has 2 aromatic carbocycles. The van der Waals surface area contributed by atoms with Crippen LogP contribution in [0.25, 0.3) is 11.3 Å². The molecule has 0 radical (unpaired) electrons. The second-order valence-corrected chi connectivity index (χ2v) is 14.9. The number of aryl methyl sites for hydroxylation is 2. The molecule has 1 saturated heterocycles. The van der Waals surface area contributed by atoms with Gasteiger partial charge in [-0.25, -0.2) is 4.98 Å². The van der Waals surface area contributed by atoms with E-state index in [2.05, 4.69) is 59.8 Å². The normalized spacial score (nSPS) is 24.8. The maximum atomic E-state index is 14.5. The van der Waals surface area contributed by atoms with Crippen molar-refractivity contribution in [3.05, 3.63) is 65.2 Å². The third-order valence-electron chi connectivity index (χ3n) is 11.0. The molecule has 3 aromatic rings. The van der Waals surface area contributed by atoms with E-state index in [1.165, 1.54) is 24.8 Å². The number of ether oxygens (including phenoxy) is 1. The highest BCUT2D eigenvalue weighted by atomic mass is 32.2. The van der Waals surface area contributed by atoms with Crippen LogP contribution in [0.4, 0.5) is 19.1 Å². The molecule has 44 heavy (non-hydrogen) atoms. The van der Waals surface area contributed by atoms with Gasteiger partial charge in [0, 0.05) is 22.4 Å². The van der Waals surface area contributed by atoms with Gasteiger partial charge >= 0.3 is 6.18 Å². The fourth-order valence-corrected chi connectivity index (χ4v) is 8.90. The van der Waals surface area contributed by atoms with Gasteiger partial charge in [-0.15, -0.1) is 0 Å². The highest BCUT2D eigenvalue weighted by Crippen LogP contribution is 2.65. The van der Waals surface area contributed by atoms with Gasteiger partial charge in [-0.05, 0) is 137 Å². The molecule has 3 heterocycles. The Labute approximate surface area is 262 Å². The zero-order valence-electron chi connectivity index (χ0n) is 25.7. The van der Waals surface area contributed by atoms with Gasteiger partial charge in [0.2, 0.25) is 11.8 Å². The predicted molar refractivity (Wildman–Crippen MR) is 169 cm³/mol. The summed E-state index contributed by atoms with van der Waals surface area (Å²) >= 11 is 1.43. The van der Waals surface area contributed by atoms with Crippen molar-refractivity contribution in [2.24, 2.45) is 22.7 Å². The Kier molecular flexibility index (Phi) is 7.63. The van der Waals surface area contributed by atoms with Gasteiger partial charge in [-0.2, -0.15) is 18.2 Å². The molecule has 2 atom stereocenters. The SMILES string of the molecule is Cc1cccc(C)c1-c1cc2nc(n1)NSc1cccc(c1)C(C1CC3(CCN(C)CC3)C1)C(CC1(C(F)(F)F)CC1)CO2. The van der Waals surface area contributed by atoms with Crippen molar-refractivity contribution < 1.29 is 17.9 Å². The van der Waals surface area contributed by atoms with Crippen LogP contribution in [0.3, 0.4) is 0 Å². The number of hydrogen-bond donors (Lipinski definition) is 1. The third kappa shape index (κ3) is 5.70. The van der Waals surface area contributed by atoms with Crippen LogP contribution in [-0.4, -0.2) is 47.8 Å². The summed E-state index contributed by atoms with van der Waals surface area (Å²) in [7, 11) is 2.18. The van der Waals surface area contributed by atoms with Crippen LogP contribution < -0.4 is 9.46 Å². The third-order valence-corrected chi connectivity index (χ3v) is 11.7. The summed E-state index contributed by atoms with van der Waals surface area (Å²) in [5.74, 6) is 0.840. The number of benzene rings is 2. The zero-order chi connectivity index (χ0) is 30.7. The Bertz CT molecular complexity index is 1500. The Hall–Kier alpha value is -2.78. The Morgan fingerprint density at radius 3 is 2.36 bits per heavy atom. The molecule has 0 amide bonds. The second kappa shape index (κ2) is 11.2. The highest BCUT2D eigenvalue weighted by molar-refractivity contribution is 8.00. The molecule has 2 saturated carbocycles. The quantitative estimate of drug-likeness (QED) is 0.294. The summed E-state index contributed by atoms with van der Waals surface area (Å²) < 4.78 is 53.2. The zero-order valence-corrected chi connectivity index (χ0v) is 26.5. The molecule has 1 aromatic heterocycles. The summed E-state index contributed by atoms with van der Waals surface area (Å²) in [4.78, 5) is 12.9. The number of piperidine rings is 1. The number of aromatic nitrogens is 2. The van der Waals surface area contributed by atoms with Gasteiger partial charge in [-0.3, -0.25) is 4.72 Å². The molecule has 4 bridgehead atoms.